The van der Waals surface area contributed by atoms with Gasteiger partial charge in [-0.3, -0.25) is 4.98 Å². The molecule has 1 unspecified atom stereocenters. The molecule has 64 valence electrons. The largest absolute Gasteiger partial charge is 0.307 e. The molecule has 1 fully saturated rings. The van der Waals surface area contributed by atoms with Crippen LogP contribution in [0.15, 0.2) is 36.7 Å². The smallest absolute Gasteiger partial charge is 0.0447 e. The fourth-order valence-electron chi connectivity index (χ4n) is 1.61. The molecule has 0 saturated carbocycles. The summed E-state index contributed by atoms with van der Waals surface area (Å²) in [6.07, 6.45) is 3.74. The lowest BCUT2D eigenvalue weighted by molar-refractivity contribution is 1.08. The van der Waals surface area contributed by atoms with Gasteiger partial charge in [-0.25, -0.2) is 0 Å². The molecule has 1 atom stereocenters. The number of rotatable bonds is 1. The molecule has 0 bridgehead atoms. The topological polar surface area (TPSA) is 34.8 Å². The quantitative estimate of drug-likeness (QED) is 0.663. The van der Waals surface area contributed by atoms with E-state index in [1.54, 1.807) is 0 Å². The molecule has 1 aromatic carbocycles. The second-order valence-electron chi connectivity index (χ2n) is 3.44. The minimum atomic E-state index is 0.595. The Kier molecular flexibility index (Phi) is 1.37. The maximum atomic E-state index is 4.09. The SMILES string of the molecule is c1cc2cc(C3CN3)ccc2cn1. The van der Waals surface area contributed by atoms with Gasteiger partial charge in [-0.15, -0.1) is 0 Å². The molecule has 1 aromatic heterocycles. The number of nitrogens with one attached hydrogen (secondary N) is 1. The Labute approximate surface area is 76.6 Å². The van der Waals surface area contributed by atoms with Crippen LogP contribution in [0.3, 0.4) is 0 Å². The Morgan fingerprint density at radius 2 is 2.15 bits per heavy atom. The summed E-state index contributed by atoms with van der Waals surface area (Å²) in [7, 11) is 0. The van der Waals surface area contributed by atoms with Crippen molar-refractivity contribution in [2.24, 2.45) is 0 Å². The van der Waals surface area contributed by atoms with Crippen LogP contribution in [0.5, 0.6) is 0 Å². The monoisotopic (exact) mass is 170 g/mol. The summed E-state index contributed by atoms with van der Waals surface area (Å²) in [5, 5.41) is 5.79. The zero-order valence-corrected chi connectivity index (χ0v) is 7.20. The van der Waals surface area contributed by atoms with Gasteiger partial charge in [0.05, 0.1) is 0 Å². The van der Waals surface area contributed by atoms with Gasteiger partial charge >= 0.3 is 0 Å². The van der Waals surface area contributed by atoms with Crippen molar-refractivity contribution in [3.05, 3.63) is 42.2 Å². The summed E-state index contributed by atoms with van der Waals surface area (Å²) in [4.78, 5) is 4.09. The highest BCUT2D eigenvalue weighted by atomic mass is 15.1. The zero-order valence-electron chi connectivity index (χ0n) is 7.20. The second kappa shape index (κ2) is 2.54. The number of benzene rings is 1. The average Bonchev–Trinajstić information content (AvgIpc) is 3.00. The summed E-state index contributed by atoms with van der Waals surface area (Å²) in [6.45, 7) is 1.12. The molecule has 2 aromatic rings. The van der Waals surface area contributed by atoms with Gasteiger partial charge in [-0.1, -0.05) is 12.1 Å². The number of nitrogens with zero attached hydrogens (tertiary/aromatic N) is 1. The Bertz CT molecular complexity index is 447. The molecule has 3 rings (SSSR count). The first-order chi connectivity index (χ1) is 6.43. The molecule has 1 saturated heterocycles. The molecular formula is C11H10N2. The van der Waals surface area contributed by atoms with Crippen molar-refractivity contribution in [1.82, 2.24) is 10.3 Å². The van der Waals surface area contributed by atoms with E-state index in [-0.39, 0.29) is 0 Å². The van der Waals surface area contributed by atoms with Gasteiger partial charge in [0, 0.05) is 30.4 Å². The molecule has 0 spiro atoms. The minimum Gasteiger partial charge on any atom is -0.307 e. The zero-order chi connectivity index (χ0) is 8.67. The number of hydrogen-bond donors (Lipinski definition) is 1. The lowest BCUT2D eigenvalue weighted by Crippen LogP contribution is -1.84. The fraction of sp³-hybridized carbons (Fsp3) is 0.182. The Balaban J connectivity index is 2.21. The Hall–Kier alpha value is -1.41. The van der Waals surface area contributed by atoms with E-state index in [9.17, 15) is 0 Å². The van der Waals surface area contributed by atoms with Crippen LogP contribution in [-0.4, -0.2) is 11.5 Å². The molecule has 2 heterocycles. The molecule has 0 amide bonds. The first kappa shape index (κ1) is 7.04. The van der Waals surface area contributed by atoms with Crippen molar-refractivity contribution in [2.75, 3.05) is 6.54 Å². The van der Waals surface area contributed by atoms with E-state index in [0.29, 0.717) is 6.04 Å². The predicted octanol–water partition coefficient (Wildman–Crippen LogP) is 1.88. The minimum absolute atomic E-state index is 0.595. The van der Waals surface area contributed by atoms with E-state index in [2.05, 4.69) is 34.6 Å². The van der Waals surface area contributed by atoms with Crippen molar-refractivity contribution in [2.45, 2.75) is 6.04 Å². The summed E-state index contributed by atoms with van der Waals surface area (Å²) in [5.74, 6) is 0. The maximum Gasteiger partial charge on any atom is 0.0447 e. The molecule has 1 aliphatic heterocycles. The molecule has 0 aliphatic carbocycles. The number of aromatic nitrogens is 1. The van der Waals surface area contributed by atoms with Crippen LogP contribution < -0.4 is 5.32 Å². The van der Waals surface area contributed by atoms with Gasteiger partial charge in [0.25, 0.3) is 0 Å². The first-order valence-corrected chi connectivity index (χ1v) is 4.50. The molecule has 13 heavy (non-hydrogen) atoms. The van der Waals surface area contributed by atoms with Crippen molar-refractivity contribution in [3.63, 3.8) is 0 Å². The lowest BCUT2D eigenvalue weighted by Gasteiger charge is -1.99. The van der Waals surface area contributed by atoms with E-state index in [1.807, 2.05) is 12.4 Å². The van der Waals surface area contributed by atoms with Crippen molar-refractivity contribution >= 4 is 10.8 Å². The Morgan fingerprint density at radius 1 is 1.23 bits per heavy atom. The highest BCUT2D eigenvalue weighted by Crippen LogP contribution is 2.24. The van der Waals surface area contributed by atoms with Crippen molar-refractivity contribution in [3.8, 4) is 0 Å². The standard InChI is InChI=1S/C11H10N2/c1-2-10-6-12-4-3-8(10)5-9(1)11-7-13-11/h1-6,11,13H,7H2. The third kappa shape index (κ3) is 1.19. The van der Waals surface area contributed by atoms with E-state index in [0.717, 1.165) is 6.54 Å². The molecule has 1 N–H and O–H groups in total. The average molecular weight is 170 g/mol. The van der Waals surface area contributed by atoms with Crippen LogP contribution in [0.4, 0.5) is 0 Å². The highest BCUT2D eigenvalue weighted by molar-refractivity contribution is 5.82. The maximum absolute atomic E-state index is 4.09. The first-order valence-electron chi connectivity index (χ1n) is 4.50. The number of fused-ring (bicyclic) bond motifs is 1. The number of pyridine rings is 1. The Morgan fingerprint density at radius 3 is 3.00 bits per heavy atom. The number of hydrogen-bond acceptors (Lipinski definition) is 2. The molecule has 0 radical (unpaired) electrons. The highest BCUT2D eigenvalue weighted by Gasteiger charge is 2.21. The van der Waals surface area contributed by atoms with E-state index >= 15 is 0 Å². The lowest BCUT2D eigenvalue weighted by atomic mass is 10.1. The summed E-state index contributed by atoms with van der Waals surface area (Å²) >= 11 is 0. The van der Waals surface area contributed by atoms with E-state index in [4.69, 9.17) is 0 Å². The van der Waals surface area contributed by atoms with E-state index < -0.39 is 0 Å². The summed E-state index contributed by atoms with van der Waals surface area (Å²) in [5.41, 5.74) is 1.39. The van der Waals surface area contributed by atoms with Gasteiger partial charge in [-0.05, 0) is 23.1 Å². The molecule has 2 nitrogen and oxygen atoms in total. The summed E-state index contributed by atoms with van der Waals surface area (Å²) in [6, 6.07) is 9.20. The van der Waals surface area contributed by atoms with Gasteiger partial charge in [0.1, 0.15) is 0 Å². The molecular weight excluding hydrogens is 160 g/mol. The van der Waals surface area contributed by atoms with Gasteiger partial charge < -0.3 is 5.32 Å². The van der Waals surface area contributed by atoms with Crippen LogP contribution in [-0.2, 0) is 0 Å². The van der Waals surface area contributed by atoms with Crippen LogP contribution in [0.25, 0.3) is 10.8 Å². The molecule has 1 aliphatic rings. The summed E-state index contributed by atoms with van der Waals surface area (Å²) < 4.78 is 0. The van der Waals surface area contributed by atoms with Crippen molar-refractivity contribution in [1.29, 1.82) is 0 Å². The van der Waals surface area contributed by atoms with Crippen LogP contribution >= 0.6 is 0 Å². The van der Waals surface area contributed by atoms with Crippen LogP contribution in [0.2, 0.25) is 0 Å². The predicted molar refractivity (Wildman–Crippen MR) is 52.5 cm³/mol. The van der Waals surface area contributed by atoms with E-state index in [1.165, 1.54) is 16.3 Å². The van der Waals surface area contributed by atoms with Gasteiger partial charge in [0.15, 0.2) is 0 Å². The third-order valence-corrected chi connectivity index (χ3v) is 2.48. The molecule has 2 heteroatoms. The second-order valence-corrected chi connectivity index (χ2v) is 3.44. The normalized spacial score (nSPS) is 20.5. The third-order valence-electron chi connectivity index (χ3n) is 2.48. The fourth-order valence-corrected chi connectivity index (χ4v) is 1.61. The van der Waals surface area contributed by atoms with Crippen LogP contribution in [0, 0.1) is 0 Å². The van der Waals surface area contributed by atoms with Gasteiger partial charge in [-0.2, -0.15) is 0 Å². The van der Waals surface area contributed by atoms with Crippen LogP contribution in [0.1, 0.15) is 11.6 Å². The van der Waals surface area contributed by atoms with Gasteiger partial charge in [0.2, 0.25) is 0 Å². The van der Waals surface area contributed by atoms with Crippen molar-refractivity contribution < 1.29 is 0 Å².